The van der Waals surface area contributed by atoms with Gasteiger partial charge in [-0.15, -0.1) is 0 Å². The highest BCUT2D eigenvalue weighted by Crippen LogP contribution is 2.41. The van der Waals surface area contributed by atoms with Gasteiger partial charge in [-0.3, -0.25) is 0 Å². The van der Waals surface area contributed by atoms with Crippen LogP contribution in [0.2, 0.25) is 5.02 Å². The number of benzene rings is 1. The molecule has 0 unspecified atom stereocenters. The highest BCUT2D eigenvalue weighted by atomic mass is 35.5. The van der Waals surface area contributed by atoms with Gasteiger partial charge in [0.15, 0.2) is 5.79 Å². The zero-order valence-electron chi connectivity index (χ0n) is 10.0. The van der Waals surface area contributed by atoms with Gasteiger partial charge in [-0.05, 0) is 26.3 Å². The fourth-order valence-electron chi connectivity index (χ4n) is 2.14. The minimum atomic E-state index is -0.635. The number of rotatable bonds is 3. The molecule has 1 saturated heterocycles. The van der Waals surface area contributed by atoms with E-state index in [1.807, 2.05) is 38.1 Å². The van der Waals surface area contributed by atoms with E-state index in [0.29, 0.717) is 11.4 Å². The minimum Gasteiger partial charge on any atom is -0.396 e. The summed E-state index contributed by atoms with van der Waals surface area (Å²) >= 11 is 6.16. The Morgan fingerprint density at radius 3 is 2.65 bits per heavy atom. The van der Waals surface area contributed by atoms with Gasteiger partial charge in [0.25, 0.3) is 0 Å². The van der Waals surface area contributed by atoms with Crippen LogP contribution >= 0.6 is 11.6 Å². The Balaban J connectivity index is 2.27. The largest absolute Gasteiger partial charge is 0.396 e. The predicted octanol–water partition coefficient (Wildman–Crippen LogP) is 2.92. The maximum absolute atomic E-state index is 9.06. The summed E-state index contributed by atoms with van der Waals surface area (Å²) in [5.74, 6) is -0.635. The van der Waals surface area contributed by atoms with E-state index in [2.05, 4.69) is 0 Å². The fourth-order valence-corrected chi connectivity index (χ4v) is 2.39. The summed E-state index contributed by atoms with van der Waals surface area (Å²) in [6.07, 6.45) is 0.167. The van der Waals surface area contributed by atoms with Crippen molar-refractivity contribution in [3.63, 3.8) is 0 Å². The van der Waals surface area contributed by atoms with E-state index in [0.717, 1.165) is 5.56 Å². The molecular weight excluding hydrogens is 240 g/mol. The molecule has 0 spiro atoms. The summed E-state index contributed by atoms with van der Waals surface area (Å²) in [4.78, 5) is 0. The normalized spacial score (nSPS) is 27.3. The first-order chi connectivity index (χ1) is 8.03. The van der Waals surface area contributed by atoms with Crippen LogP contribution in [0.5, 0.6) is 0 Å². The Morgan fingerprint density at radius 2 is 2.00 bits per heavy atom. The van der Waals surface area contributed by atoms with E-state index >= 15 is 0 Å². The van der Waals surface area contributed by atoms with Crippen LogP contribution in [0.15, 0.2) is 24.3 Å². The monoisotopic (exact) mass is 256 g/mol. The lowest BCUT2D eigenvalue weighted by atomic mass is 10.0. The molecule has 0 bridgehead atoms. The van der Waals surface area contributed by atoms with Crippen LogP contribution in [0.25, 0.3) is 0 Å². The van der Waals surface area contributed by atoms with Crippen LogP contribution < -0.4 is 0 Å². The SMILES string of the molecule is CC1(C)O[C@H](c2ccccc2Cl)[C@@H](CCO)O1. The number of aliphatic hydroxyl groups is 1. The molecule has 3 nitrogen and oxygen atoms in total. The molecule has 1 aliphatic heterocycles. The molecule has 0 radical (unpaired) electrons. The Morgan fingerprint density at radius 1 is 1.29 bits per heavy atom. The van der Waals surface area contributed by atoms with Gasteiger partial charge in [0.05, 0.1) is 6.10 Å². The van der Waals surface area contributed by atoms with Gasteiger partial charge in [0, 0.05) is 17.2 Å². The van der Waals surface area contributed by atoms with Crippen molar-refractivity contribution in [3.8, 4) is 0 Å². The smallest absolute Gasteiger partial charge is 0.164 e. The molecule has 17 heavy (non-hydrogen) atoms. The number of hydrogen-bond donors (Lipinski definition) is 1. The summed E-state index contributed by atoms with van der Waals surface area (Å²) in [6.45, 7) is 3.81. The Kier molecular flexibility index (Phi) is 3.73. The molecule has 1 aromatic rings. The number of hydrogen-bond acceptors (Lipinski definition) is 3. The van der Waals surface area contributed by atoms with E-state index in [4.69, 9.17) is 26.2 Å². The number of ether oxygens (including phenoxy) is 2. The van der Waals surface area contributed by atoms with E-state index < -0.39 is 5.79 Å². The van der Waals surface area contributed by atoms with Crippen molar-refractivity contribution in [2.24, 2.45) is 0 Å². The van der Waals surface area contributed by atoms with Crippen LogP contribution in [-0.2, 0) is 9.47 Å². The van der Waals surface area contributed by atoms with Crippen molar-refractivity contribution in [2.75, 3.05) is 6.61 Å². The van der Waals surface area contributed by atoms with Gasteiger partial charge in [0.1, 0.15) is 6.10 Å². The lowest BCUT2D eigenvalue weighted by molar-refractivity contribution is -0.147. The average Bonchev–Trinajstić information content (AvgIpc) is 2.55. The third kappa shape index (κ3) is 2.80. The number of aliphatic hydroxyl groups excluding tert-OH is 1. The summed E-state index contributed by atoms with van der Waals surface area (Å²) < 4.78 is 11.6. The standard InChI is InChI=1S/C13H17ClO3/c1-13(2)16-11(7-8-15)12(17-13)9-5-3-4-6-10(9)14/h3-6,11-12,15H,7-8H2,1-2H3/t11-,12-/m1/s1. The first-order valence-electron chi connectivity index (χ1n) is 5.74. The van der Waals surface area contributed by atoms with E-state index in [1.54, 1.807) is 0 Å². The zero-order chi connectivity index (χ0) is 12.5. The lowest BCUT2D eigenvalue weighted by Gasteiger charge is -2.17. The topological polar surface area (TPSA) is 38.7 Å². The number of halogens is 1. The highest BCUT2D eigenvalue weighted by molar-refractivity contribution is 6.31. The molecular formula is C13H17ClO3. The van der Waals surface area contributed by atoms with E-state index in [9.17, 15) is 0 Å². The molecule has 0 aromatic heterocycles. The second-order valence-electron chi connectivity index (χ2n) is 4.63. The van der Waals surface area contributed by atoms with Crippen LogP contribution in [-0.4, -0.2) is 23.6 Å². The zero-order valence-corrected chi connectivity index (χ0v) is 10.8. The summed E-state index contributed by atoms with van der Waals surface area (Å²) in [7, 11) is 0. The van der Waals surface area contributed by atoms with Gasteiger partial charge in [-0.25, -0.2) is 0 Å². The van der Waals surface area contributed by atoms with Crippen molar-refractivity contribution < 1.29 is 14.6 Å². The van der Waals surface area contributed by atoms with Crippen molar-refractivity contribution in [3.05, 3.63) is 34.9 Å². The maximum Gasteiger partial charge on any atom is 0.164 e. The Bertz CT molecular complexity index is 392. The van der Waals surface area contributed by atoms with Crippen LogP contribution in [0.1, 0.15) is 31.9 Å². The first kappa shape index (κ1) is 12.8. The molecule has 2 atom stereocenters. The van der Waals surface area contributed by atoms with Gasteiger partial charge >= 0.3 is 0 Å². The van der Waals surface area contributed by atoms with Gasteiger partial charge in [-0.2, -0.15) is 0 Å². The molecule has 1 aliphatic rings. The molecule has 94 valence electrons. The second kappa shape index (κ2) is 4.94. The average molecular weight is 257 g/mol. The Labute approximate surface area is 106 Å². The molecule has 0 amide bonds. The lowest BCUT2D eigenvalue weighted by Crippen LogP contribution is -2.21. The molecule has 0 aliphatic carbocycles. The predicted molar refractivity (Wildman–Crippen MR) is 65.9 cm³/mol. The molecule has 2 rings (SSSR count). The van der Waals surface area contributed by atoms with Gasteiger partial charge in [0.2, 0.25) is 0 Å². The van der Waals surface area contributed by atoms with Crippen LogP contribution in [0, 0.1) is 0 Å². The molecule has 1 fully saturated rings. The minimum absolute atomic E-state index is 0.0745. The van der Waals surface area contributed by atoms with Crippen molar-refractivity contribution in [1.29, 1.82) is 0 Å². The van der Waals surface area contributed by atoms with Gasteiger partial charge in [-0.1, -0.05) is 29.8 Å². The summed E-state index contributed by atoms with van der Waals surface area (Å²) in [6, 6.07) is 7.57. The van der Waals surface area contributed by atoms with Gasteiger partial charge < -0.3 is 14.6 Å². The second-order valence-corrected chi connectivity index (χ2v) is 5.04. The highest BCUT2D eigenvalue weighted by Gasteiger charge is 2.42. The molecule has 1 N–H and O–H groups in total. The van der Waals surface area contributed by atoms with Crippen LogP contribution in [0.4, 0.5) is 0 Å². The third-order valence-corrected chi connectivity index (χ3v) is 3.15. The quantitative estimate of drug-likeness (QED) is 0.904. The van der Waals surface area contributed by atoms with Crippen LogP contribution in [0.3, 0.4) is 0 Å². The molecule has 4 heteroatoms. The molecule has 1 aromatic carbocycles. The summed E-state index contributed by atoms with van der Waals surface area (Å²) in [5, 5.41) is 9.73. The molecule has 0 saturated carbocycles. The third-order valence-electron chi connectivity index (χ3n) is 2.81. The molecule has 1 heterocycles. The van der Waals surface area contributed by atoms with E-state index in [1.165, 1.54) is 0 Å². The van der Waals surface area contributed by atoms with E-state index in [-0.39, 0.29) is 18.8 Å². The first-order valence-corrected chi connectivity index (χ1v) is 6.12. The fraction of sp³-hybridized carbons (Fsp3) is 0.538. The van der Waals surface area contributed by atoms with Crippen molar-refractivity contribution >= 4 is 11.6 Å². The van der Waals surface area contributed by atoms with Crippen molar-refractivity contribution in [2.45, 2.75) is 38.3 Å². The Hall–Kier alpha value is -0.610. The van der Waals surface area contributed by atoms with Crippen molar-refractivity contribution in [1.82, 2.24) is 0 Å². The maximum atomic E-state index is 9.06. The summed E-state index contributed by atoms with van der Waals surface area (Å²) in [5.41, 5.74) is 0.915.